The van der Waals surface area contributed by atoms with E-state index in [9.17, 15) is 0 Å². The Balaban J connectivity index is 2.09. The number of morpholine rings is 1. The summed E-state index contributed by atoms with van der Waals surface area (Å²) in [4.78, 5) is 2.44. The highest BCUT2D eigenvalue weighted by Crippen LogP contribution is 2.28. The van der Waals surface area contributed by atoms with Crippen LogP contribution in [0.4, 0.5) is 0 Å². The van der Waals surface area contributed by atoms with Crippen LogP contribution in [-0.4, -0.2) is 36.7 Å². The first kappa shape index (κ1) is 14.0. The standard InChI is InChI=1S/C14H21BrN2O/c1-10(16)14-9-17(7-8-18-14)11(2)12-5-3-4-6-13(12)15/h3-6,10-11,14H,7-9,16H2,1-2H3. The first-order chi connectivity index (χ1) is 8.59. The summed E-state index contributed by atoms with van der Waals surface area (Å²) in [6, 6.07) is 8.86. The van der Waals surface area contributed by atoms with Gasteiger partial charge in [-0.3, -0.25) is 4.90 Å². The first-order valence-corrected chi connectivity index (χ1v) is 7.24. The zero-order chi connectivity index (χ0) is 13.1. The van der Waals surface area contributed by atoms with E-state index < -0.39 is 0 Å². The van der Waals surface area contributed by atoms with E-state index >= 15 is 0 Å². The van der Waals surface area contributed by atoms with Gasteiger partial charge < -0.3 is 10.5 Å². The second kappa shape index (κ2) is 6.15. The van der Waals surface area contributed by atoms with Gasteiger partial charge in [0, 0.05) is 29.6 Å². The molecule has 1 aliphatic heterocycles. The van der Waals surface area contributed by atoms with Gasteiger partial charge in [-0.15, -0.1) is 0 Å². The highest BCUT2D eigenvalue weighted by molar-refractivity contribution is 9.10. The third-order valence-electron chi connectivity index (χ3n) is 3.61. The van der Waals surface area contributed by atoms with Crippen LogP contribution in [0.2, 0.25) is 0 Å². The molecule has 0 aliphatic carbocycles. The summed E-state index contributed by atoms with van der Waals surface area (Å²) >= 11 is 3.62. The molecular weight excluding hydrogens is 292 g/mol. The average Bonchev–Trinajstić information content (AvgIpc) is 2.38. The molecule has 0 aromatic heterocycles. The lowest BCUT2D eigenvalue weighted by atomic mass is 10.0. The van der Waals surface area contributed by atoms with Crippen LogP contribution >= 0.6 is 15.9 Å². The number of hydrogen-bond acceptors (Lipinski definition) is 3. The van der Waals surface area contributed by atoms with Crippen molar-refractivity contribution < 1.29 is 4.74 Å². The maximum atomic E-state index is 5.94. The molecule has 4 heteroatoms. The Bertz CT molecular complexity index is 397. The summed E-state index contributed by atoms with van der Waals surface area (Å²) in [6.45, 7) is 6.88. The lowest BCUT2D eigenvalue weighted by Crippen LogP contribution is -2.50. The van der Waals surface area contributed by atoms with E-state index in [1.165, 1.54) is 10.0 Å². The zero-order valence-electron chi connectivity index (χ0n) is 11.0. The van der Waals surface area contributed by atoms with Gasteiger partial charge in [0.05, 0.1) is 12.7 Å². The number of halogens is 1. The minimum atomic E-state index is 0.0826. The van der Waals surface area contributed by atoms with Gasteiger partial charge >= 0.3 is 0 Å². The average molecular weight is 313 g/mol. The Morgan fingerprint density at radius 2 is 2.11 bits per heavy atom. The van der Waals surface area contributed by atoms with Gasteiger partial charge in [-0.1, -0.05) is 34.1 Å². The molecule has 100 valence electrons. The molecule has 18 heavy (non-hydrogen) atoms. The largest absolute Gasteiger partial charge is 0.374 e. The molecule has 0 bridgehead atoms. The van der Waals surface area contributed by atoms with E-state index in [4.69, 9.17) is 10.5 Å². The fraction of sp³-hybridized carbons (Fsp3) is 0.571. The van der Waals surface area contributed by atoms with Crippen molar-refractivity contribution in [1.29, 1.82) is 0 Å². The maximum Gasteiger partial charge on any atom is 0.0850 e. The molecule has 3 unspecified atom stereocenters. The van der Waals surface area contributed by atoms with Crippen LogP contribution in [0.15, 0.2) is 28.7 Å². The Morgan fingerprint density at radius 3 is 2.78 bits per heavy atom. The van der Waals surface area contributed by atoms with E-state index in [0.717, 1.165) is 19.7 Å². The lowest BCUT2D eigenvalue weighted by molar-refractivity contribution is -0.0499. The summed E-state index contributed by atoms with van der Waals surface area (Å²) in [5.74, 6) is 0. The molecule has 1 saturated heterocycles. The minimum absolute atomic E-state index is 0.0826. The molecule has 0 radical (unpaired) electrons. The van der Waals surface area contributed by atoms with Crippen molar-refractivity contribution in [3.63, 3.8) is 0 Å². The van der Waals surface area contributed by atoms with Gasteiger partial charge in [0.2, 0.25) is 0 Å². The topological polar surface area (TPSA) is 38.5 Å². The van der Waals surface area contributed by atoms with Crippen molar-refractivity contribution in [3.8, 4) is 0 Å². The number of benzene rings is 1. The minimum Gasteiger partial charge on any atom is -0.374 e. The molecule has 2 N–H and O–H groups in total. The summed E-state index contributed by atoms with van der Waals surface area (Å²) in [5.41, 5.74) is 7.26. The third-order valence-corrected chi connectivity index (χ3v) is 4.34. The van der Waals surface area contributed by atoms with Gasteiger partial charge in [-0.25, -0.2) is 0 Å². The Morgan fingerprint density at radius 1 is 1.39 bits per heavy atom. The zero-order valence-corrected chi connectivity index (χ0v) is 12.6. The van der Waals surface area contributed by atoms with Gasteiger partial charge in [0.1, 0.15) is 0 Å². The first-order valence-electron chi connectivity index (χ1n) is 6.45. The van der Waals surface area contributed by atoms with Gasteiger partial charge in [-0.05, 0) is 25.5 Å². The van der Waals surface area contributed by atoms with Crippen LogP contribution in [0.25, 0.3) is 0 Å². The van der Waals surface area contributed by atoms with Crippen LogP contribution < -0.4 is 5.73 Å². The Kier molecular flexibility index (Phi) is 4.78. The number of rotatable bonds is 3. The van der Waals surface area contributed by atoms with Crippen molar-refractivity contribution in [2.24, 2.45) is 5.73 Å². The second-order valence-corrected chi connectivity index (χ2v) is 5.82. The molecule has 0 amide bonds. The number of nitrogens with two attached hydrogens (primary N) is 1. The summed E-state index contributed by atoms with van der Waals surface area (Å²) < 4.78 is 6.88. The third kappa shape index (κ3) is 3.12. The SMILES string of the molecule is CC(N)C1CN(C(C)c2ccccc2Br)CCO1. The molecule has 1 aromatic rings. The number of nitrogens with zero attached hydrogens (tertiary/aromatic N) is 1. The lowest BCUT2D eigenvalue weighted by Gasteiger charge is -2.38. The highest BCUT2D eigenvalue weighted by Gasteiger charge is 2.27. The summed E-state index contributed by atoms with van der Waals surface area (Å²) in [7, 11) is 0. The summed E-state index contributed by atoms with van der Waals surface area (Å²) in [5, 5.41) is 0. The Hall–Kier alpha value is -0.420. The van der Waals surface area contributed by atoms with Crippen LogP contribution in [-0.2, 0) is 4.74 Å². The quantitative estimate of drug-likeness (QED) is 0.932. The second-order valence-electron chi connectivity index (χ2n) is 4.96. The van der Waals surface area contributed by atoms with Crippen LogP contribution in [0, 0.1) is 0 Å². The summed E-state index contributed by atoms with van der Waals surface area (Å²) in [6.07, 6.45) is 0.142. The van der Waals surface area contributed by atoms with Gasteiger partial charge in [0.15, 0.2) is 0 Å². The van der Waals surface area contributed by atoms with Crippen molar-refractivity contribution in [1.82, 2.24) is 4.90 Å². The fourth-order valence-electron chi connectivity index (χ4n) is 2.38. The molecule has 3 nitrogen and oxygen atoms in total. The van der Waals surface area contributed by atoms with Crippen molar-refractivity contribution in [2.45, 2.75) is 32.0 Å². The number of hydrogen-bond donors (Lipinski definition) is 1. The Labute approximate surface area is 117 Å². The predicted octanol–water partition coefficient (Wildman–Crippen LogP) is 2.56. The molecule has 2 rings (SSSR count). The molecule has 0 spiro atoms. The molecule has 1 aromatic carbocycles. The molecule has 1 fully saturated rings. The molecule has 1 aliphatic rings. The van der Waals surface area contributed by atoms with E-state index in [-0.39, 0.29) is 12.1 Å². The predicted molar refractivity (Wildman–Crippen MR) is 77.5 cm³/mol. The monoisotopic (exact) mass is 312 g/mol. The van der Waals surface area contributed by atoms with Gasteiger partial charge in [-0.2, -0.15) is 0 Å². The van der Waals surface area contributed by atoms with Crippen LogP contribution in [0.1, 0.15) is 25.5 Å². The molecule has 1 heterocycles. The van der Waals surface area contributed by atoms with E-state index in [2.05, 4.69) is 46.0 Å². The highest BCUT2D eigenvalue weighted by atomic mass is 79.9. The van der Waals surface area contributed by atoms with Crippen molar-refractivity contribution >= 4 is 15.9 Å². The molecule has 0 saturated carbocycles. The maximum absolute atomic E-state index is 5.94. The smallest absolute Gasteiger partial charge is 0.0850 e. The molecular formula is C14H21BrN2O. The van der Waals surface area contributed by atoms with E-state index in [1.54, 1.807) is 0 Å². The van der Waals surface area contributed by atoms with Gasteiger partial charge in [0.25, 0.3) is 0 Å². The normalized spacial score (nSPS) is 24.8. The molecule has 3 atom stereocenters. The number of ether oxygens (including phenoxy) is 1. The van der Waals surface area contributed by atoms with Crippen molar-refractivity contribution in [2.75, 3.05) is 19.7 Å². The van der Waals surface area contributed by atoms with E-state index in [0.29, 0.717) is 6.04 Å². The van der Waals surface area contributed by atoms with Crippen LogP contribution in [0.3, 0.4) is 0 Å². The fourth-order valence-corrected chi connectivity index (χ4v) is 2.99. The van der Waals surface area contributed by atoms with Crippen molar-refractivity contribution in [3.05, 3.63) is 34.3 Å². The van der Waals surface area contributed by atoms with Crippen LogP contribution in [0.5, 0.6) is 0 Å². The van der Waals surface area contributed by atoms with E-state index in [1.807, 2.05) is 13.0 Å².